The maximum atomic E-state index is 12.3. The minimum atomic E-state index is -0.431. The summed E-state index contributed by atoms with van der Waals surface area (Å²) in [5.74, 6) is 0.179. The highest BCUT2D eigenvalue weighted by Gasteiger charge is 2.09. The molecule has 0 aliphatic heterocycles. The monoisotopic (exact) mass is 438 g/mol. The SMILES string of the molecule is Cc1csc(Sc2ccc(NC(=O)COc3ccc4ccc(=O)oc4c3)c(C)c2)n1. The summed E-state index contributed by atoms with van der Waals surface area (Å²) in [4.78, 5) is 29.2. The van der Waals surface area contributed by atoms with Gasteiger partial charge in [0.15, 0.2) is 10.9 Å². The van der Waals surface area contributed by atoms with Crippen molar-refractivity contribution in [2.24, 2.45) is 0 Å². The van der Waals surface area contributed by atoms with Crippen molar-refractivity contribution in [2.75, 3.05) is 11.9 Å². The molecule has 0 aliphatic rings. The van der Waals surface area contributed by atoms with E-state index in [9.17, 15) is 9.59 Å². The summed E-state index contributed by atoms with van der Waals surface area (Å²) in [6.45, 7) is 3.76. The third-order valence-electron chi connectivity index (χ3n) is 4.24. The number of fused-ring (bicyclic) bond motifs is 1. The number of aryl methyl sites for hydroxylation is 2. The van der Waals surface area contributed by atoms with Crippen LogP contribution in [0.5, 0.6) is 5.75 Å². The zero-order valence-electron chi connectivity index (χ0n) is 16.3. The van der Waals surface area contributed by atoms with Gasteiger partial charge in [-0.05, 0) is 55.8 Å². The van der Waals surface area contributed by atoms with Crippen LogP contribution in [0.2, 0.25) is 0 Å². The number of hydrogen-bond acceptors (Lipinski definition) is 7. The Morgan fingerprint density at radius 1 is 1.17 bits per heavy atom. The molecular formula is C22H18N2O4S2. The molecule has 0 radical (unpaired) electrons. The highest BCUT2D eigenvalue weighted by atomic mass is 32.2. The number of hydrogen-bond donors (Lipinski definition) is 1. The van der Waals surface area contributed by atoms with Crippen LogP contribution in [-0.2, 0) is 4.79 Å². The molecule has 0 unspecified atom stereocenters. The zero-order chi connectivity index (χ0) is 21.1. The largest absolute Gasteiger partial charge is 0.484 e. The second-order valence-electron chi connectivity index (χ2n) is 6.62. The lowest BCUT2D eigenvalue weighted by atomic mass is 10.2. The van der Waals surface area contributed by atoms with Crippen LogP contribution >= 0.6 is 23.1 Å². The minimum Gasteiger partial charge on any atom is -0.484 e. The van der Waals surface area contributed by atoms with E-state index in [4.69, 9.17) is 9.15 Å². The first-order valence-electron chi connectivity index (χ1n) is 9.13. The van der Waals surface area contributed by atoms with Gasteiger partial charge in [-0.1, -0.05) is 11.8 Å². The molecule has 0 saturated carbocycles. The highest BCUT2D eigenvalue weighted by molar-refractivity contribution is 8.01. The van der Waals surface area contributed by atoms with Crippen molar-refractivity contribution in [3.05, 3.63) is 75.6 Å². The lowest BCUT2D eigenvalue weighted by Gasteiger charge is -2.11. The van der Waals surface area contributed by atoms with E-state index in [1.807, 2.05) is 37.4 Å². The lowest BCUT2D eigenvalue weighted by molar-refractivity contribution is -0.118. The van der Waals surface area contributed by atoms with Gasteiger partial charge in [0, 0.05) is 39.2 Å². The topological polar surface area (TPSA) is 81.4 Å². The number of nitrogens with zero attached hydrogens (tertiary/aromatic N) is 1. The first kappa shape index (κ1) is 20.2. The quantitative estimate of drug-likeness (QED) is 0.425. The Kier molecular flexibility index (Phi) is 5.87. The standard InChI is InChI=1S/C22H18N2O4S2/c1-13-9-17(30-22-23-14(2)12-29-22)6-7-18(13)24-20(25)11-27-16-5-3-15-4-8-21(26)28-19(15)10-16/h3-10,12H,11H2,1-2H3,(H,24,25). The first-order valence-corrected chi connectivity index (χ1v) is 10.8. The van der Waals surface area contributed by atoms with Crippen molar-refractivity contribution < 1.29 is 13.9 Å². The molecule has 0 aliphatic carbocycles. The number of carbonyl (C=O) groups excluding carboxylic acids is 1. The maximum Gasteiger partial charge on any atom is 0.336 e. The fourth-order valence-corrected chi connectivity index (χ4v) is 4.70. The van der Waals surface area contributed by atoms with E-state index in [2.05, 4.69) is 10.3 Å². The molecule has 1 N–H and O–H groups in total. The van der Waals surface area contributed by atoms with Crippen molar-refractivity contribution in [2.45, 2.75) is 23.1 Å². The number of amides is 1. The third-order valence-corrected chi connectivity index (χ3v) is 6.29. The van der Waals surface area contributed by atoms with Crippen LogP contribution in [0.1, 0.15) is 11.3 Å². The van der Waals surface area contributed by atoms with Crippen LogP contribution in [0.3, 0.4) is 0 Å². The number of aromatic nitrogens is 1. The van der Waals surface area contributed by atoms with Gasteiger partial charge < -0.3 is 14.5 Å². The summed E-state index contributed by atoms with van der Waals surface area (Å²) in [6.07, 6.45) is 0. The Labute approximate surface area is 180 Å². The normalized spacial score (nSPS) is 10.9. The van der Waals surface area contributed by atoms with E-state index in [0.717, 1.165) is 31.6 Å². The summed E-state index contributed by atoms with van der Waals surface area (Å²) in [5, 5.41) is 5.67. The predicted molar refractivity (Wildman–Crippen MR) is 119 cm³/mol. The predicted octanol–water partition coefficient (Wildman–Crippen LogP) is 5.04. The Morgan fingerprint density at radius 2 is 2.00 bits per heavy atom. The number of rotatable bonds is 6. The molecule has 0 spiro atoms. The van der Waals surface area contributed by atoms with Gasteiger partial charge in [0.05, 0.1) is 0 Å². The van der Waals surface area contributed by atoms with E-state index in [-0.39, 0.29) is 12.5 Å². The molecule has 4 aromatic rings. The number of nitrogens with one attached hydrogen (secondary N) is 1. The number of thiazole rings is 1. The molecule has 0 fully saturated rings. The average molecular weight is 439 g/mol. The van der Waals surface area contributed by atoms with Crippen LogP contribution in [0.4, 0.5) is 5.69 Å². The van der Waals surface area contributed by atoms with Gasteiger partial charge in [-0.15, -0.1) is 11.3 Å². The van der Waals surface area contributed by atoms with E-state index in [1.54, 1.807) is 47.4 Å². The molecular weight excluding hydrogens is 420 g/mol. The zero-order valence-corrected chi connectivity index (χ0v) is 17.9. The van der Waals surface area contributed by atoms with Gasteiger partial charge >= 0.3 is 5.63 Å². The second-order valence-corrected chi connectivity index (χ2v) is 8.80. The van der Waals surface area contributed by atoms with Crippen molar-refractivity contribution in [3.8, 4) is 5.75 Å². The molecule has 4 rings (SSSR count). The Balaban J connectivity index is 1.37. The molecule has 8 heteroatoms. The fourth-order valence-electron chi connectivity index (χ4n) is 2.79. The van der Waals surface area contributed by atoms with Crippen LogP contribution in [0.25, 0.3) is 11.0 Å². The Hall–Kier alpha value is -3.10. The third kappa shape index (κ3) is 4.90. The Morgan fingerprint density at radius 3 is 2.77 bits per heavy atom. The molecule has 152 valence electrons. The van der Waals surface area contributed by atoms with E-state index in [1.165, 1.54) is 6.07 Å². The number of anilines is 1. The van der Waals surface area contributed by atoms with Crippen molar-refractivity contribution >= 4 is 45.7 Å². The van der Waals surface area contributed by atoms with Crippen LogP contribution in [0.15, 0.2) is 72.4 Å². The molecule has 1 amide bonds. The molecule has 30 heavy (non-hydrogen) atoms. The average Bonchev–Trinajstić information content (AvgIpc) is 3.12. The van der Waals surface area contributed by atoms with Crippen molar-refractivity contribution in [3.63, 3.8) is 0 Å². The molecule has 0 saturated heterocycles. The van der Waals surface area contributed by atoms with Gasteiger partial charge in [0.2, 0.25) is 0 Å². The summed E-state index contributed by atoms with van der Waals surface area (Å²) in [5.41, 5.74) is 2.68. The lowest BCUT2D eigenvalue weighted by Crippen LogP contribution is -2.20. The molecule has 0 atom stereocenters. The number of benzene rings is 2. The highest BCUT2D eigenvalue weighted by Crippen LogP contribution is 2.32. The number of carbonyl (C=O) groups is 1. The van der Waals surface area contributed by atoms with E-state index < -0.39 is 5.63 Å². The first-order chi connectivity index (χ1) is 14.5. The summed E-state index contributed by atoms with van der Waals surface area (Å²) in [7, 11) is 0. The smallest absolute Gasteiger partial charge is 0.336 e. The summed E-state index contributed by atoms with van der Waals surface area (Å²) >= 11 is 3.21. The summed E-state index contributed by atoms with van der Waals surface area (Å²) in [6, 6.07) is 14.0. The van der Waals surface area contributed by atoms with Crippen molar-refractivity contribution in [1.29, 1.82) is 0 Å². The molecule has 6 nitrogen and oxygen atoms in total. The molecule has 0 bridgehead atoms. The maximum absolute atomic E-state index is 12.3. The van der Waals surface area contributed by atoms with Gasteiger partial charge in [0.1, 0.15) is 11.3 Å². The minimum absolute atomic E-state index is 0.156. The Bertz CT molecular complexity index is 1280. The van der Waals surface area contributed by atoms with Crippen LogP contribution < -0.4 is 15.7 Å². The summed E-state index contributed by atoms with van der Waals surface area (Å²) < 4.78 is 11.7. The number of ether oxygens (including phenoxy) is 1. The second kappa shape index (κ2) is 8.73. The van der Waals surface area contributed by atoms with Crippen molar-refractivity contribution in [1.82, 2.24) is 4.98 Å². The van der Waals surface area contributed by atoms with E-state index in [0.29, 0.717) is 11.3 Å². The fraction of sp³-hybridized carbons (Fsp3) is 0.136. The van der Waals surface area contributed by atoms with Gasteiger partial charge in [-0.3, -0.25) is 4.79 Å². The van der Waals surface area contributed by atoms with Gasteiger partial charge in [-0.25, -0.2) is 9.78 Å². The molecule has 2 aromatic carbocycles. The molecule has 2 heterocycles. The van der Waals surface area contributed by atoms with Gasteiger partial charge in [0.25, 0.3) is 5.91 Å². The molecule has 2 aromatic heterocycles. The van der Waals surface area contributed by atoms with Crippen LogP contribution in [-0.4, -0.2) is 17.5 Å². The van der Waals surface area contributed by atoms with E-state index >= 15 is 0 Å². The van der Waals surface area contributed by atoms with Gasteiger partial charge in [-0.2, -0.15) is 0 Å². The van der Waals surface area contributed by atoms with Crippen LogP contribution in [0, 0.1) is 13.8 Å².